The number of hydrogen-bond donors (Lipinski definition) is 1. The predicted molar refractivity (Wildman–Crippen MR) is 103 cm³/mol. The Morgan fingerprint density at radius 2 is 1.73 bits per heavy atom. The molecule has 4 nitrogen and oxygen atoms in total. The van der Waals surface area contributed by atoms with E-state index in [1.807, 2.05) is 24.3 Å². The molecule has 2 aromatic carbocycles. The summed E-state index contributed by atoms with van der Waals surface area (Å²) in [6.45, 7) is 5.95. The van der Waals surface area contributed by atoms with Gasteiger partial charge in [-0.25, -0.2) is 12.8 Å². The standard InChI is InChI=1S/C20H21FN2O2S/c1-13(2)15-8-10-16(11-9-15)19-14(3)20(23-26(19,24)25)22-12-17-6-4-5-7-18(17)21/h4-11,13H,12H2,1-3H3,(H,22,23). The van der Waals surface area contributed by atoms with Gasteiger partial charge in [0.1, 0.15) is 16.6 Å². The van der Waals surface area contributed by atoms with Gasteiger partial charge in [0.05, 0.1) is 6.54 Å². The van der Waals surface area contributed by atoms with E-state index in [1.165, 1.54) is 6.07 Å². The minimum atomic E-state index is -3.68. The molecule has 0 atom stereocenters. The molecule has 6 heteroatoms. The van der Waals surface area contributed by atoms with Gasteiger partial charge in [-0.15, -0.1) is 0 Å². The molecule has 0 unspecified atom stereocenters. The molecular weight excluding hydrogens is 351 g/mol. The highest BCUT2D eigenvalue weighted by atomic mass is 32.2. The number of aliphatic imine (C=N–C) groups is 1. The Labute approximate surface area is 153 Å². The van der Waals surface area contributed by atoms with Crippen molar-refractivity contribution in [1.29, 1.82) is 0 Å². The molecule has 0 saturated heterocycles. The Hall–Kier alpha value is -2.47. The fraction of sp³-hybridized carbons (Fsp3) is 0.250. The molecular formula is C20H21FN2O2S. The van der Waals surface area contributed by atoms with Gasteiger partial charge in [0, 0.05) is 11.1 Å². The third-order valence-corrected chi connectivity index (χ3v) is 5.94. The topological polar surface area (TPSA) is 58.5 Å². The highest BCUT2D eigenvalue weighted by Crippen LogP contribution is 2.31. The summed E-state index contributed by atoms with van der Waals surface area (Å²) in [7, 11) is -3.68. The van der Waals surface area contributed by atoms with Crippen LogP contribution in [0.5, 0.6) is 0 Å². The third-order valence-electron chi connectivity index (χ3n) is 4.40. The second-order valence-corrected chi connectivity index (χ2v) is 8.21. The number of amidine groups is 1. The van der Waals surface area contributed by atoms with Gasteiger partial charge in [-0.1, -0.05) is 56.3 Å². The van der Waals surface area contributed by atoms with E-state index < -0.39 is 10.0 Å². The monoisotopic (exact) mass is 372 g/mol. The summed E-state index contributed by atoms with van der Waals surface area (Å²) in [5, 5.41) is 0. The molecule has 0 radical (unpaired) electrons. The van der Waals surface area contributed by atoms with Crippen LogP contribution in [0.15, 0.2) is 59.1 Å². The first-order chi connectivity index (χ1) is 12.3. The molecule has 1 aliphatic rings. The Morgan fingerprint density at radius 1 is 1.08 bits per heavy atom. The zero-order valence-electron chi connectivity index (χ0n) is 15.0. The van der Waals surface area contributed by atoms with Crippen molar-refractivity contribution >= 4 is 20.8 Å². The maximum absolute atomic E-state index is 13.7. The molecule has 0 aliphatic carbocycles. The lowest BCUT2D eigenvalue weighted by molar-refractivity contribution is 0.603. The molecule has 0 spiro atoms. The van der Waals surface area contributed by atoms with E-state index in [1.54, 1.807) is 25.1 Å². The number of benzene rings is 2. The second-order valence-electron chi connectivity index (χ2n) is 6.59. The fourth-order valence-electron chi connectivity index (χ4n) is 2.90. The first kappa shape index (κ1) is 18.3. The number of nitrogens with one attached hydrogen (secondary N) is 1. The molecule has 1 aliphatic heterocycles. The molecule has 0 amide bonds. The fourth-order valence-corrected chi connectivity index (χ4v) is 4.42. The number of sulfonamides is 1. The quantitative estimate of drug-likeness (QED) is 0.874. The highest BCUT2D eigenvalue weighted by Gasteiger charge is 2.32. The van der Waals surface area contributed by atoms with Crippen molar-refractivity contribution in [1.82, 2.24) is 4.72 Å². The van der Waals surface area contributed by atoms with Crippen LogP contribution in [-0.4, -0.2) is 14.3 Å². The van der Waals surface area contributed by atoms with E-state index in [2.05, 4.69) is 23.6 Å². The van der Waals surface area contributed by atoms with Gasteiger partial charge in [-0.05, 0) is 30.0 Å². The lowest BCUT2D eigenvalue weighted by Gasteiger charge is -2.07. The van der Waals surface area contributed by atoms with Crippen LogP contribution < -0.4 is 4.72 Å². The SMILES string of the molecule is CC1=C(c2ccc(C(C)C)cc2)S(=O)(=O)NC1=NCc1ccccc1F. The van der Waals surface area contributed by atoms with Crippen molar-refractivity contribution in [3.05, 3.63) is 76.6 Å². The van der Waals surface area contributed by atoms with Crippen LogP contribution in [0.25, 0.3) is 4.91 Å². The van der Waals surface area contributed by atoms with Crippen molar-refractivity contribution in [3.8, 4) is 0 Å². The van der Waals surface area contributed by atoms with E-state index in [9.17, 15) is 12.8 Å². The average molecular weight is 372 g/mol. The average Bonchev–Trinajstić information content (AvgIpc) is 2.83. The van der Waals surface area contributed by atoms with E-state index in [4.69, 9.17) is 0 Å². The van der Waals surface area contributed by atoms with Gasteiger partial charge in [-0.3, -0.25) is 9.71 Å². The zero-order valence-corrected chi connectivity index (χ0v) is 15.8. The summed E-state index contributed by atoms with van der Waals surface area (Å²) >= 11 is 0. The predicted octanol–water partition coefficient (Wildman–Crippen LogP) is 4.21. The van der Waals surface area contributed by atoms with Crippen LogP contribution in [0.2, 0.25) is 0 Å². The summed E-state index contributed by atoms with van der Waals surface area (Å²) in [6.07, 6.45) is 0. The summed E-state index contributed by atoms with van der Waals surface area (Å²) in [5.41, 5.74) is 2.72. The molecule has 26 heavy (non-hydrogen) atoms. The van der Waals surface area contributed by atoms with Gasteiger partial charge in [0.2, 0.25) is 0 Å². The summed E-state index contributed by atoms with van der Waals surface area (Å²) < 4.78 is 41.3. The molecule has 3 rings (SSSR count). The summed E-state index contributed by atoms with van der Waals surface area (Å²) in [5.74, 6) is 0.273. The Bertz CT molecular complexity index is 991. The highest BCUT2D eigenvalue weighted by molar-refractivity contribution is 8.00. The molecule has 0 aromatic heterocycles. The largest absolute Gasteiger partial charge is 0.264 e. The van der Waals surface area contributed by atoms with Crippen LogP contribution >= 0.6 is 0 Å². The number of hydrogen-bond acceptors (Lipinski definition) is 3. The minimum Gasteiger partial charge on any atom is -0.263 e. The Balaban J connectivity index is 1.96. The number of nitrogens with zero attached hydrogens (tertiary/aromatic N) is 1. The smallest absolute Gasteiger partial charge is 0.263 e. The molecule has 136 valence electrons. The minimum absolute atomic E-state index is 0.0709. The van der Waals surface area contributed by atoms with Gasteiger partial charge >= 0.3 is 0 Å². The molecule has 0 bridgehead atoms. The van der Waals surface area contributed by atoms with E-state index in [0.717, 1.165) is 5.56 Å². The maximum Gasteiger partial charge on any atom is 0.264 e. The second kappa shape index (κ2) is 7.03. The molecule has 1 N–H and O–H groups in total. The Morgan fingerprint density at radius 3 is 2.35 bits per heavy atom. The van der Waals surface area contributed by atoms with Crippen molar-refractivity contribution < 1.29 is 12.8 Å². The van der Waals surface area contributed by atoms with E-state index >= 15 is 0 Å². The van der Waals surface area contributed by atoms with Crippen LogP contribution in [0.1, 0.15) is 43.4 Å². The van der Waals surface area contributed by atoms with Gasteiger partial charge < -0.3 is 0 Å². The maximum atomic E-state index is 13.7. The van der Waals surface area contributed by atoms with Gasteiger partial charge in [0.15, 0.2) is 0 Å². The molecule has 0 saturated carbocycles. The molecule has 0 fully saturated rings. The van der Waals surface area contributed by atoms with Crippen molar-refractivity contribution in [2.75, 3.05) is 0 Å². The van der Waals surface area contributed by atoms with Crippen LogP contribution in [0.4, 0.5) is 4.39 Å². The van der Waals surface area contributed by atoms with Crippen LogP contribution in [-0.2, 0) is 16.6 Å². The van der Waals surface area contributed by atoms with Gasteiger partial charge in [0.25, 0.3) is 10.0 Å². The summed E-state index contributed by atoms with van der Waals surface area (Å²) in [6, 6.07) is 13.8. The van der Waals surface area contributed by atoms with Crippen LogP contribution in [0.3, 0.4) is 0 Å². The zero-order chi connectivity index (χ0) is 18.9. The summed E-state index contributed by atoms with van der Waals surface area (Å²) in [4.78, 5) is 4.50. The lowest BCUT2D eigenvalue weighted by atomic mass is 10.0. The van der Waals surface area contributed by atoms with Gasteiger partial charge in [-0.2, -0.15) is 0 Å². The normalized spacial score (nSPS) is 17.8. The first-order valence-corrected chi connectivity index (χ1v) is 9.90. The van der Waals surface area contributed by atoms with Crippen molar-refractivity contribution in [2.24, 2.45) is 4.99 Å². The molecule has 1 heterocycles. The molecule has 2 aromatic rings. The third kappa shape index (κ3) is 3.55. The lowest BCUT2D eigenvalue weighted by Crippen LogP contribution is -2.23. The first-order valence-electron chi connectivity index (χ1n) is 8.42. The number of rotatable bonds is 4. The Kier molecular flexibility index (Phi) is 4.96. The van der Waals surface area contributed by atoms with Crippen molar-refractivity contribution in [3.63, 3.8) is 0 Å². The van der Waals surface area contributed by atoms with Crippen molar-refractivity contribution in [2.45, 2.75) is 33.2 Å². The van der Waals surface area contributed by atoms with Crippen LogP contribution in [0, 0.1) is 5.82 Å². The van der Waals surface area contributed by atoms with E-state index in [-0.39, 0.29) is 23.1 Å². The number of halogens is 1. The van der Waals surface area contributed by atoms with E-state index in [0.29, 0.717) is 22.6 Å².